The Kier molecular flexibility index (Phi) is 4.02. The normalized spacial score (nSPS) is 10.8. The van der Waals surface area contributed by atoms with Crippen LogP contribution < -0.4 is 4.90 Å². The number of anilines is 1. The molecule has 0 aliphatic heterocycles. The number of aromatic nitrogens is 1. The highest BCUT2D eigenvalue weighted by Crippen LogP contribution is 2.34. The van der Waals surface area contributed by atoms with Gasteiger partial charge in [0.1, 0.15) is 0 Å². The first kappa shape index (κ1) is 13.1. The molecule has 0 fully saturated rings. The molecule has 0 bridgehead atoms. The molecule has 3 heteroatoms. The molecule has 0 N–H and O–H groups in total. The maximum atomic E-state index is 3.78. The van der Waals surface area contributed by atoms with Crippen LogP contribution in [-0.4, -0.2) is 24.4 Å². The molecule has 0 aliphatic carbocycles. The fourth-order valence-electron chi connectivity index (χ4n) is 2.00. The predicted molar refractivity (Wildman–Crippen MR) is 82.8 cm³/mol. The fraction of sp³-hybridized carbons (Fsp3) is 0.333. The van der Waals surface area contributed by atoms with Gasteiger partial charge >= 0.3 is 0 Å². The summed E-state index contributed by atoms with van der Waals surface area (Å²) in [5.41, 5.74) is 2.59. The molecule has 0 spiro atoms. The number of benzene rings is 1. The Morgan fingerprint density at radius 1 is 1.39 bits per heavy atom. The lowest BCUT2D eigenvalue weighted by Crippen LogP contribution is -2.09. The van der Waals surface area contributed by atoms with E-state index in [1.54, 1.807) is 0 Å². The molecule has 0 radical (unpaired) electrons. The van der Waals surface area contributed by atoms with Gasteiger partial charge in [-0.05, 0) is 24.6 Å². The highest BCUT2D eigenvalue weighted by atomic mass is 32.2. The van der Waals surface area contributed by atoms with Crippen LogP contribution in [0, 0.1) is 0 Å². The van der Waals surface area contributed by atoms with Crippen molar-refractivity contribution >= 4 is 28.4 Å². The lowest BCUT2D eigenvalue weighted by atomic mass is 10.2. The number of aryl methyl sites for hydroxylation is 1. The minimum Gasteiger partial charge on any atom is -0.377 e. The second kappa shape index (κ2) is 5.53. The van der Waals surface area contributed by atoms with Crippen LogP contribution in [0.2, 0.25) is 0 Å². The Labute approximate surface area is 113 Å². The molecule has 1 heterocycles. The summed E-state index contributed by atoms with van der Waals surface area (Å²) >= 11 is 1.90. The van der Waals surface area contributed by atoms with Crippen LogP contribution in [0.4, 0.5) is 5.69 Å². The van der Waals surface area contributed by atoms with Crippen molar-refractivity contribution in [3.63, 3.8) is 0 Å². The number of nitrogens with zero attached hydrogens (tertiary/aromatic N) is 2. The van der Waals surface area contributed by atoms with Crippen molar-refractivity contribution < 1.29 is 0 Å². The van der Waals surface area contributed by atoms with E-state index in [2.05, 4.69) is 61.6 Å². The van der Waals surface area contributed by atoms with E-state index in [0.29, 0.717) is 0 Å². The van der Waals surface area contributed by atoms with Gasteiger partial charge in [-0.2, -0.15) is 0 Å². The zero-order valence-electron chi connectivity index (χ0n) is 11.3. The minimum atomic E-state index is 1.04. The van der Waals surface area contributed by atoms with Crippen molar-refractivity contribution in [2.75, 3.05) is 24.7 Å². The molecule has 0 saturated carbocycles. The summed E-state index contributed by atoms with van der Waals surface area (Å²) in [5.74, 6) is 1.08. The van der Waals surface area contributed by atoms with E-state index in [4.69, 9.17) is 0 Å². The third-order valence-corrected chi connectivity index (χ3v) is 4.11. The van der Waals surface area contributed by atoms with Gasteiger partial charge in [0.25, 0.3) is 0 Å². The molecular formula is C15H20N2S. The van der Waals surface area contributed by atoms with Gasteiger partial charge in [0.15, 0.2) is 0 Å². The number of fused-ring (bicyclic) bond motifs is 1. The number of hydrogen-bond donors (Lipinski definition) is 0. The lowest BCUT2D eigenvalue weighted by Gasteiger charge is -2.17. The maximum absolute atomic E-state index is 3.78. The molecule has 2 rings (SSSR count). The van der Waals surface area contributed by atoms with Crippen LogP contribution in [0.1, 0.15) is 6.42 Å². The minimum absolute atomic E-state index is 1.04. The Morgan fingerprint density at radius 3 is 2.83 bits per heavy atom. The molecular weight excluding hydrogens is 240 g/mol. The maximum Gasteiger partial charge on any atom is 0.0506 e. The number of thioether (sulfide) groups is 1. The van der Waals surface area contributed by atoms with E-state index in [9.17, 15) is 0 Å². The van der Waals surface area contributed by atoms with Crippen molar-refractivity contribution in [2.24, 2.45) is 7.05 Å². The van der Waals surface area contributed by atoms with Gasteiger partial charge in [0, 0.05) is 48.9 Å². The summed E-state index contributed by atoms with van der Waals surface area (Å²) in [4.78, 5) is 3.53. The van der Waals surface area contributed by atoms with Gasteiger partial charge in [-0.15, -0.1) is 18.3 Å². The zero-order valence-corrected chi connectivity index (χ0v) is 12.1. The standard InChI is InChI=1S/C15H20N2S/c1-5-6-9-18-15-11-13-12(7-8-17(13)4)10-14(15)16(2)3/h5,7-8,10-11H,1,6,9H2,2-4H3. The first-order valence-corrected chi connectivity index (χ1v) is 7.12. The van der Waals surface area contributed by atoms with Crippen molar-refractivity contribution in [1.29, 1.82) is 0 Å². The van der Waals surface area contributed by atoms with Crippen LogP contribution in [-0.2, 0) is 7.05 Å². The van der Waals surface area contributed by atoms with E-state index in [1.165, 1.54) is 21.5 Å². The Morgan fingerprint density at radius 2 is 2.17 bits per heavy atom. The van der Waals surface area contributed by atoms with E-state index in [0.717, 1.165) is 12.2 Å². The third kappa shape index (κ3) is 2.56. The quantitative estimate of drug-likeness (QED) is 0.457. The number of hydrogen-bond acceptors (Lipinski definition) is 2. The molecule has 1 aromatic carbocycles. The second-order valence-corrected chi connectivity index (χ2v) is 5.76. The largest absolute Gasteiger partial charge is 0.377 e. The summed E-state index contributed by atoms with van der Waals surface area (Å²) in [7, 11) is 6.29. The van der Waals surface area contributed by atoms with Gasteiger partial charge < -0.3 is 9.47 Å². The smallest absolute Gasteiger partial charge is 0.0506 e. The molecule has 0 saturated heterocycles. The summed E-state index contributed by atoms with van der Waals surface area (Å²) < 4.78 is 2.17. The molecule has 2 aromatic rings. The van der Waals surface area contributed by atoms with Gasteiger partial charge in [-0.3, -0.25) is 0 Å². The van der Waals surface area contributed by atoms with E-state index in [1.807, 2.05) is 17.8 Å². The van der Waals surface area contributed by atoms with Crippen LogP contribution in [0.5, 0.6) is 0 Å². The summed E-state index contributed by atoms with van der Waals surface area (Å²) in [6.07, 6.45) is 5.13. The molecule has 0 atom stereocenters. The average molecular weight is 260 g/mol. The summed E-state index contributed by atoms with van der Waals surface area (Å²) in [6.45, 7) is 3.78. The molecule has 18 heavy (non-hydrogen) atoms. The second-order valence-electron chi connectivity index (χ2n) is 4.63. The summed E-state index contributed by atoms with van der Waals surface area (Å²) in [5, 5.41) is 1.30. The van der Waals surface area contributed by atoms with Crippen molar-refractivity contribution in [3.05, 3.63) is 37.1 Å². The fourth-order valence-corrected chi connectivity index (χ4v) is 3.09. The van der Waals surface area contributed by atoms with Crippen LogP contribution >= 0.6 is 11.8 Å². The molecule has 96 valence electrons. The molecule has 1 aromatic heterocycles. The zero-order chi connectivity index (χ0) is 13.1. The molecule has 0 unspecified atom stereocenters. The van der Waals surface area contributed by atoms with Crippen LogP contribution in [0.15, 0.2) is 41.9 Å². The Balaban J connectivity index is 2.42. The third-order valence-electron chi connectivity index (χ3n) is 3.03. The monoisotopic (exact) mass is 260 g/mol. The first-order chi connectivity index (χ1) is 8.63. The highest BCUT2D eigenvalue weighted by molar-refractivity contribution is 7.99. The topological polar surface area (TPSA) is 8.17 Å². The van der Waals surface area contributed by atoms with Crippen LogP contribution in [0.3, 0.4) is 0 Å². The molecule has 0 amide bonds. The van der Waals surface area contributed by atoms with Crippen molar-refractivity contribution in [2.45, 2.75) is 11.3 Å². The number of allylic oxidation sites excluding steroid dienone is 1. The molecule has 0 aliphatic rings. The van der Waals surface area contributed by atoms with Gasteiger partial charge in [-0.25, -0.2) is 0 Å². The first-order valence-electron chi connectivity index (χ1n) is 6.13. The van der Waals surface area contributed by atoms with Gasteiger partial charge in [-0.1, -0.05) is 6.08 Å². The Bertz CT molecular complexity index is 555. The lowest BCUT2D eigenvalue weighted by molar-refractivity contribution is 0.966. The average Bonchev–Trinajstić information content (AvgIpc) is 2.70. The highest BCUT2D eigenvalue weighted by Gasteiger charge is 2.09. The number of rotatable bonds is 5. The predicted octanol–water partition coefficient (Wildman–Crippen LogP) is 3.91. The van der Waals surface area contributed by atoms with E-state index in [-0.39, 0.29) is 0 Å². The van der Waals surface area contributed by atoms with Gasteiger partial charge in [0.05, 0.1) is 5.69 Å². The van der Waals surface area contributed by atoms with Crippen molar-refractivity contribution in [1.82, 2.24) is 4.57 Å². The van der Waals surface area contributed by atoms with Gasteiger partial charge in [0.2, 0.25) is 0 Å². The SMILES string of the molecule is C=CCCSc1cc2c(ccn2C)cc1N(C)C. The van der Waals surface area contributed by atoms with E-state index < -0.39 is 0 Å². The Hall–Kier alpha value is -1.35. The van der Waals surface area contributed by atoms with Crippen LogP contribution in [0.25, 0.3) is 10.9 Å². The van der Waals surface area contributed by atoms with E-state index >= 15 is 0 Å². The summed E-state index contributed by atoms with van der Waals surface area (Å²) in [6, 6.07) is 6.73. The molecule has 2 nitrogen and oxygen atoms in total. The van der Waals surface area contributed by atoms with Crippen molar-refractivity contribution in [3.8, 4) is 0 Å².